The zero-order valence-corrected chi connectivity index (χ0v) is 13.2. The van der Waals surface area contributed by atoms with Crippen molar-refractivity contribution in [2.45, 2.75) is 18.6 Å². The van der Waals surface area contributed by atoms with Crippen LogP contribution in [-0.4, -0.2) is 27.1 Å². The van der Waals surface area contributed by atoms with Crippen molar-refractivity contribution in [3.05, 3.63) is 65.5 Å². The maximum absolute atomic E-state index is 11.8. The molecule has 0 aliphatic heterocycles. The first-order valence-electron chi connectivity index (χ1n) is 7.87. The lowest BCUT2D eigenvalue weighted by atomic mass is 10.1. The summed E-state index contributed by atoms with van der Waals surface area (Å²) in [4.78, 5) is 20.3. The Labute approximate surface area is 143 Å². The van der Waals surface area contributed by atoms with Crippen LogP contribution < -0.4 is 5.32 Å². The van der Waals surface area contributed by atoms with E-state index in [1.165, 1.54) is 6.33 Å². The maximum atomic E-state index is 11.8. The number of fused-ring (bicyclic) bond motifs is 2. The first kappa shape index (κ1) is 15.3. The molecule has 0 fully saturated rings. The number of aliphatic hydroxyl groups is 1. The number of carbonyl (C=O) groups excluding carboxylic acids is 1. The largest absolute Gasteiger partial charge is 0.390 e. The highest BCUT2D eigenvalue weighted by molar-refractivity contribution is 6.07. The average Bonchev–Trinajstić information content (AvgIpc) is 2.96. The lowest BCUT2D eigenvalue weighted by Crippen LogP contribution is -2.22. The second-order valence-corrected chi connectivity index (χ2v) is 5.93. The van der Waals surface area contributed by atoms with Gasteiger partial charge in [-0.05, 0) is 23.3 Å². The van der Waals surface area contributed by atoms with Gasteiger partial charge in [0.15, 0.2) is 0 Å². The number of aromatic nitrogens is 2. The summed E-state index contributed by atoms with van der Waals surface area (Å²) in [5, 5.41) is 17.3. The summed E-state index contributed by atoms with van der Waals surface area (Å²) in [6.07, 6.45) is 1.38. The third-order valence-corrected chi connectivity index (χ3v) is 4.49. The van der Waals surface area contributed by atoms with Crippen molar-refractivity contribution in [3.8, 4) is 0 Å². The average molecular weight is 333 g/mol. The first-order chi connectivity index (χ1) is 12.2. The molecule has 4 rings (SSSR count). The highest BCUT2D eigenvalue weighted by atomic mass is 16.3. The van der Waals surface area contributed by atoms with Gasteiger partial charge in [0.1, 0.15) is 12.1 Å². The quantitative estimate of drug-likeness (QED) is 0.638. The molecule has 124 valence electrons. The molecule has 0 spiro atoms. The van der Waals surface area contributed by atoms with Crippen LogP contribution in [0, 0.1) is 5.53 Å². The fourth-order valence-electron chi connectivity index (χ4n) is 3.33. The number of nitrogens with one attached hydrogen (secondary N) is 2. The van der Waals surface area contributed by atoms with Gasteiger partial charge in [0, 0.05) is 11.8 Å². The van der Waals surface area contributed by atoms with Crippen molar-refractivity contribution in [1.82, 2.24) is 9.97 Å². The second-order valence-electron chi connectivity index (χ2n) is 5.93. The summed E-state index contributed by atoms with van der Waals surface area (Å²) in [5.74, 6) is -0.119. The minimum Gasteiger partial charge on any atom is -0.390 e. The summed E-state index contributed by atoms with van der Waals surface area (Å²) >= 11 is 0. The van der Waals surface area contributed by atoms with Crippen LogP contribution in [-0.2, 0) is 6.42 Å². The van der Waals surface area contributed by atoms with E-state index in [2.05, 4.69) is 20.4 Å². The van der Waals surface area contributed by atoms with E-state index in [1.54, 1.807) is 18.2 Å². The number of benzene rings is 2. The summed E-state index contributed by atoms with van der Waals surface area (Å²) in [6, 6.07) is 12.7. The second kappa shape index (κ2) is 6.03. The fraction of sp³-hybridized carbons (Fsp3) is 0.167. The Balaban J connectivity index is 1.78. The first-order valence-corrected chi connectivity index (χ1v) is 7.87. The number of anilines is 1. The Morgan fingerprint density at radius 3 is 2.88 bits per heavy atom. The molecular weight excluding hydrogens is 318 g/mol. The van der Waals surface area contributed by atoms with Gasteiger partial charge >= 0.3 is 0 Å². The van der Waals surface area contributed by atoms with E-state index >= 15 is 0 Å². The van der Waals surface area contributed by atoms with Gasteiger partial charge in [0.2, 0.25) is 0 Å². The van der Waals surface area contributed by atoms with E-state index in [-0.39, 0.29) is 11.6 Å². The standard InChI is InChI=1S/C18H15N5O2/c19-23-18(25)13-7-3-6-12-15(13)20-9-21-17(12)22-16-11-5-2-1-4-10(11)8-14(16)24/h1-7,9,14,16,19,24H,8H2,(H,20,21,22). The number of carbonyl (C=O) groups is 1. The summed E-state index contributed by atoms with van der Waals surface area (Å²) < 4.78 is 0. The number of para-hydroxylation sites is 1. The third-order valence-electron chi connectivity index (χ3n) is 4.49. The zero-order chi connectivity index (χ0) is 17.4. The highest BCUT2D eigenvalue weighted by Gasteiger charge is 2.31. The van der Waals surface area contributed by atoms with Crippen LogP contribution >= 0.6 is 0 Å². The topological polar surface area (TPSA) is 111 Å². The van der Waals surface area contributed by atoms with Gasteiger partial charge in [0.25, 0.3) is 5.91 Å². The van der Waals surface area contributed by atoms with Gasteiger partial charge in [0.05, 0.1) is 23.2 Å². The van der Waals surface area contributed by atoms with Gasteiger partial charge in [-0.15, -0.1) is 5.11 Å². The number of aliphatic hydroxyl groups excluding tert-OH is 1. The molecule has 7 heteroatoms. The highest BCUT2D eigenvalue weighted by Crippen LogP contribution is 2.35. The Morgan fingerprint density at radius 1 is 1.20 bits per heavy atom. The summed E-state index contributed by atoms with van der Waals surface area (Å²) in [5.41, 5.74) is 9.78. The van der Waals surface area contributed by atoms with Crippen molar-refractivity contribution >= 4 is 22.6 Å². The third kappa shape index (κ3) is 2.54. The van der Waals surface area contributed by atoms with Crippen LogP contribution in [0.4, 0.5) is 5.82 Å². The van der Waals surface area contributed by atoms with Crippen molar-refractivity contribution in [2.24, 2.45) is 5.11 Å². The minimum absolute atomic E-state index is 0.255. The lowest BCUT2D eigenvalue weighted by Gasteiger charge is -2.19. The zero-order valence-electron chi connectivity index (χ0n) is 13.2. The molecule has 2 unspecified atom stereocenters. The number of rotatable bonds is 3. The molecule has 0 bridgehead atoms. The number of nitrogens with zero attached hydrogens (tertiary/aromatic N) is 3. The maximum Gasteiger partial charge on any atom is 0.297 e. The smallest absolute Gasteiger partial charge is 0.297 e. The molecule has 3 N–H and O–H groups in total. The van der Waals surface area contributed by atoms with Crippen LogP contribution in [0.2, 0.25) is 0 Å². The lowest BCUT2D eigenvalue weighted by molar-refractivity contribution is 0.0992. The molecule has 2 aromatic carbocycles. The molecule has 1 aromatic heterocycles. The van der Waals surface area contributed by atoms with Crippen molar-refractivity contribution in [3.63, 3.8) is 0 Å². The monoisotopic (exact) mass is 333 g/mol. The molecular formula is C18H15N5O2. The Morgan fingerprint density at radius 2 is 2.04 bits per heavy atom. The molecule has 3 aromatic rings. The fourth-order valence-corrected chi connectivity index (χ4v) is 3.33. The Kier molecular flexibility index (Phi) is 3.70. The predicted molar refractivity (Wildman–Crippen MR) is 91.5 cm³/mol. The number of hydrogen-bond donors (Lipinski definition) is 3. The van der Waals surface area contributed by atoms with Crippen molar-refractivity contribution in [2.75, 3.05) is 5.32 Å². The van der Waals surface area contributed by atoms with Crippen molar-refractivity contribution in [1.29, 1.82) is 5.53 Å². The molecule has 0 saturated heterocycles. The van der Waals surface area contributed by atoms with Gasteiger partial charge < -0.3 is 10.4 Å². The van der Waals surface area contributed by atoms with Crippen LogP contribution in [0.15, 0.2) is 53.9 Å². The van der Waals surface area contributed by atoms with E-state index in [4.69, 9.17) is 5.53 Å². The van der Waals surface area contributed by atoms with E-state index < -0.39 is 12.0 Å². The van der Waals surface area contributed by atoms with E-state index in [0.717, 1.165) is 11.1 Å². The molecule has 1 aliphatic carbocycles. The van der Waals surface area contributed by atoms with E-state index in [9.17, 15) is 9.90 Å². The number of hydrogen-bond acceptors (Lipinski definition) is 6. The van der Waals surface area contributed by atoms with Crippen LogP contribution in [0.5, 0.6) is 0 Å². The molecule has 7 nitrogen and oxygen atoms in total. The molecule has 25 heavy (non-hydrogen) atoms. The van der Waals surface area contributed by atoms with Gasteiger partial charge in [-0.25, -0.2) is 15.5 Å². The summed E-state index contributed by atoms with van der Waals surface area (Å²) in [6.45, 7) is 0. The minimum atomic E-state index is -0.651. The molecule has 1 heterocycles. The predicted octanol–water partition coefficient (Wildman–Crippen LogP) is 2.87. The van der Waals surface area contributed by atoms with Gasteiger partial charge in [-0.1, -0.05) is 30.3 Å². The van der Waals surface area contributed by atoms with Crippen LogP contribution in [0.25, 0.3) is 10.9 Å². The normalized spacial score (nSPS) is 18.8. The Bertz CT molecular complexity index is 988. The van der Waals surface area contributed by atoms with Gasteiger partial charge in [-0.3, -0.25) is 4.79 Å². The molecule has 1 aliphatic rings. The summed E-state index contributed by atoms with van der Waals surface area (Å²) in [7, 11) is 0. The van der Waals surface area contributed by atoms with Crippen LogP contribution in [0.3, 0.4) is 0 Å². The number of amides is 1. The van der Waals surface area contributed by atoms with Crippen LogP contribution in [0.1, 0.15) is 27.5 Å². The van der Waals surface area contributed by atoms with Gasteiger partial charge in [-0.2, -0.15) is 0 Å². The molecule has 2 atom stereocenters. The van der Waals surface area contributed by atoms with E-state index in [1.807, 2.05) is 24.3 Å². The SMILES string of the molecule is N=NC(=O)c1cccc2c(NC3c4ccccc4CC3O)ncnc12. The van der Waals surface area contributed by atoms with E-state index in [0.29, 0.717) is 23.1 Å². The molecule has 1 amide bonds. The van der Waals surface area contributed by atoms with Crippen molar-refractivity contribution < 1.29 is 9.90 Å². The Hall–Kier alpha value is -3.19. The molecule has 0 saturated carbocycles. The molecule has 0 radical (unpaired) electrons.